The van der Waals surface area contributed by atoms with Gasteiger partial charge in [-0.1, -0.05) is 13.5 Å². The van der Waals surface area contributed by atoms with Gasteiger partial charge in [-0.2, -0.15) is 0 Å². The van der Waals surface area contributed by atoms with Crippen LogP contribution in [0.15, 0.2) is 12.7 Å². The Bertz CT molecular complexity index is 166. The van der Waals surface area contributed by atoms with Gasteiger partial charge >= 0.3 is 0 Å². The molecule has 0 radical (unpaired) electrons. The highest BCUT2D eigenvalue weighted by Crippen LogP contribution is 1.83. The summed E-state index contributed by atoms with van der Waals surface area (Å²) in [5.74, 6) is -0.600. The van der Waals surface area contributed by atoms with Gasteiger partial charge in [0.1, 0.15) is 0 Å². The molecule has 0 aliphatic carbocycles. The summed E-state index contributed by atoms with van der Waals surface area (Å²) in [6.45, 7) is 5.11. The smallest absolute Gasteiger partial charge is 0.261 e. The Labute approximate surface area is 65.6 Å². The molecule has 0 heterocycles. The Kier molecular flexibility index (Phi) is 4.81. The molecule has 2 N–H and O–H groups in total. The summed E-state index contributed by atoms with van der Waals surface area (Å²) in [6.07, 6.45) is 2.26. The number of hydrogen-bond donors (Lipinski definition) is 2. The third kappa shape index (κ3) is 5.14. The highest BCUT2D eigenvalue weighted by molar-refractivity contribution is 5.88. The summed E-state index contributed by atoms with van der Waals surface area (Å²) in [4.78, 5) is 21.2. The molecular weight excluding hydrogens is 144 g/mol. The Morgan fingerprint density at radius 3 is 2.55 bits per heavy atom. The summed E-state index contributed by atoms with van der Waals surface area (Å²) >= 11 is 0. The minimum Gasteiger partial charge on any atom is -0.273 e. The van der Waals surface area contributed by atoms with Gasteiger partial charge in [-0.15, -0.1) is 0 Å². The minimum absolute atomic E-state index is 0.192. The van der Waals surface area contributed by atoms with Crippen molar-refractivity contribution >= 4 is 11.8 Å². The van der Waals surface area contributed by atoms with Crippen molar-refractivity contribution in [1.29, 1.82) is 0 Å². The monoisotopic (exact) mass is 156 g/mol. The number of hydrogen-bond acceptors (Lipinski definition) is 2. The van der Waals surface area contributed by atoms with Crippen LogP contribution in [-0.2, 0) is 9.59 Å². The van der Waals surface area contributed by atoms with E-state index in [1.54, 1.807) is 0 Å². The van der Waals surface area contributed by atoms with Gasteiger partial charge < -0.3 is 0 Å². The van der Waals surface area contributed by atoms with Gasteiger partial charge in [-0.3, -0.25) is 20.4 Å². The van der Waals surface area contributed by atoms with E-state index >= 15 is 0 Å². The van der Waals surface area contributed by atoms with Gasteiger partial charge in [0.05, 0.1) is 0 Å². The van der Waals surface area contributed by atoms with Crippen LogP contribution in [0.3, 0.4) is 0 Å². The van der Waals surface area contributed by atoms with Crippen molar-refractivity contribution in [2.75, 3.05) is 0 Å². The second-order valence-corrected chi connectivity index (χ2v) is 1.99. The molecule has 0 aliphatic heterocycles. The van der Waals surface area contributed by atoms with Crippen LogP contribution in [0, 0.1) is 0 Å². The summed E-state index contributed by atoms with van der Waals surface area (Å²) in [7, 11) is 0. The molecule has 62 valence electrons. The van der Waals surface area contributed by atoms with Crippen LogP contribution in [0.1, 0.15) is 19.8 Å². The standard InChI is InChI=1S/C7H12N2O2/c1-3-5-7(11)9-8-6(10)4-2/h4H,2-3,5H2,1H3,(H,8,10)(H,9,11). The van der Waals surface area contributed by atoms with Gasteiger partial charge in [0, 0.05) is 6.42 Å². The van der Waals surface area contributed by atoms with E-state index < -0.39 is 5.91 Å². The maximum atomic E-state index is 10.7. The SMILES string of the molecule is C=CC(=O)NNC(=O)CCC. The van der Waals surface area contributed by atoms with Crippen LogP contribution < -0.4 is 10.9 Å². The molecule has 0 saturated carbocycles. The van der Waals surface area contributed by atoms with Crippen molar-refractivity contribution in [3.05, 3.63) is 12.7 Å². The molecule has 0 aliphatic rings. The second kappa shape index (κ2) is 5.46. The molecule has 2 amide bonds. The fourth-order valence-corrected chi connectivity index (χ4v) is 0.472. The van der Waals surface area contributed by atoms with Crippen molar-refractivity contribution in [2.24, 2.45) is 0 Å². The van der Waals surface area contributed by atoms with E-state index in [0.717, 1.165) is 12.5 Å². The zero-order chi connectivity index (χ0) is 8.69. The van der Waals surface area contributed by atoms with Gasteiger partial charge in [-0.05, 0) is 12.5 Å². The van der Waals surface area contributed by atoms with E-state index in [1.165, 1.54) is 0 Å². The van der Waals surface area contributed by atoms with Crippen LogP contribution in [0.2, 0.25) is 0 Å². The molecular formula is C7H12N2O2. The van der Waals surface area contributed by atoms with Gasteiger partial charge in [0.25, 0.3) is 5.91 Å². The number of nitrogens with one attached hydrogen (secondary N) is 2. The van der Waals surface area contributed by atoms with E-state index in [4.69, 9.17) is 0 Å². The predicted molar refractivity (Wildman–Crippen MR) is 41.4 cm³/mol. The first-order valence-corrected chi connectivity index (χ1v) is 3.42. The zero-order valence-electron chi connectivity index (χ0n) is 6.52. The fraction of sp³-hybridized carbons (Fsp3) is 0.429. The third-order valence-corrected chi connectivity index (χ3v) is 0.988. The molecule has 0 spiro atoms. The molecule has 0 aromatic heterocycles. The quantitative estimate of drug-likeness (QED) is 0.450. The Hall–Kier alpha value is -1.32. The maximum Gasteiger partial charge on any atom is 0.261 e. The molecule has 4 heteroatoms. The number of rotatable bonds is 3. The lowest BCUT2D eigenvalue weighted by atomic mass is 10.3. The topological polar surface area (TPSA) is 58.2 Å². The average Bonchev–Trinajstić information content (AvgIpc) is 2.01. The molecule has 0 fully saturated rings. The number of carbonyl (C=O) groups excluding carboxylic acids is 2. The van der Waals surface area contributed by atoms with Crippen molar-refractivity contribution < 1.29 is 9.59 Å². The lowest BCUT2D eigenvalue weighted by molar-refractivity contribution is -0.126. The number of amides is 2. The van der Waals surface area contributed by atoms with Gasteiger partial charge in [0.2, 0.25) is 5.91 Å². The van der Waals surface area contributed by atoms with Crippen LogP contribution in [0.4, 0.5) is 0 Å². The maximum absolute atomic E-state index is 10.7. The predicted octanol–water partition coefficient (Wildman–Crippen LogP) is 0.120. The number of hydrazine groups is 1. The minimum atomic E-state index is -0.408. The van der Waals surface area contributed by atoms with Crippen LogP contribution in [0.25, 0.3) is 0 Å². The first kappa shape index (κ1) is 9.68. The summed E-state index contributed by atoms with van der Waals surface area (Å²) in [5, 5.41) is 0. The fourth-order valence-electron chi connectivity index (χ4n) is 0.472. The molecule has 11 heavy (non-hydrogen) atoms. The molecule has 0 bridgehead atoms. The van der Waals surface area contributed by atoms with Crippen LogP contribution >= 0.6 is 0 Å². The Morgan fingerprint density at radius 2 is 2.09 bits per heavy atom. The van der Waals surface area contributed by atoms with E-state index in [0.29, 0.717) is 6.42 Å². The molecule has 0 atom stereocenters. The largest absolute Gasteiger partial charge is 0.273 e. The van der Waals surface area contributed by atoms with Gasteiger partial charge in [0.15, 0.2) is 0 Å². The van der Waals surface area contributed by atoms with E-state index in [-0.39, 0.29) is 5.91 Å². The van der Waals surface area contributed by atoms with Crippen LogP contribution in [-0.4, -0.2) is 11.8 Å². The molecule has 0 rings (SSSR count). The van der Waals surface area contributed by atoms with Crippen molar-refractivity contribution in [3.63, 3.8) is 0 Å². The molecule has 0 unspecified atom stereocenters. The first-order chi connectivity index (χ1) is 5.20. The van der Waals surface area contributed by atoms with E-state index in [1.807, 2.05) is 6.92 Å². The normalized spacial score (nSPS) is 8.45. The summed E-state index contributed by atoms with van der Waals surface area (Å²) in [5.41, 5.74) is 4.38. The number of carbonyl (C=O) groups is 2. The van der Waals surface area contributed by atoms with Crippen molar-refractivity contribution in [3.8, 4) is 0 Å². The Morgan fingerprint density at radius 1 is 1.45 bits per heavy atom. The zero-order valence-corrected chi connectivity index (χ0v) is 6.52. The first-order valence-electron chi connectivity index (χ1n) is 3.42. The molecule has 0 saturated heterocycles. The lowest BCUT2D eigenvalue weighted by Crippen LogP contribution is -2.40. The summed E-state index contributed by atoms with van der Waals surface area (Å²) in [6, 6.07) is 0. The molecule has 4 nitrogen and oxygen atoms in total. The highest BCUT2D eigenvalue weighted by atomic mass is 16.2. The second-order valence-electron chi connectivity index (χ2n) is 1.99. The third-order valence-electron chi connectivity index (χ3n) is 0.988. The van der Waals surface area contributed by atoms with Gasteiger partial charge in [-0.25, -0.2) is 0 Å². The van der Waals surface area contributed by atoms with Crippen LogP contribution in [0.5, 0.6) is 0 Å². The summed E-state index contributed by atoms with van der Waals surface area (Å²) < 4.78 is 0. The lowest BCUT2D eigenvalue weighted by Gasteiger charge is -2.02. The molecule has 0 aromatic carbocycles. The average molecular weight is 156 g/mol. The van der Waals surface area contributed by atoms with E-state index in [2.05, 4.69) is 17.4 Å². The van der Waals surface area contributed by atoms with Crippen molar-refractivity contribution in [1.82, 2.24) is 10.9 Å². The molecule has 0 aromatic rings. The van der Waals surface area contributed by atoms with E-state index in [9.17, 15) is 9.59 Å². The van der Waals surface area contributed by atoms with Crippen molar-refractivity contribution in [2.45, 2.75) is 19.8 Å². The Balaban J connectivity index is 3.45. The highest BCUT2D eigenvalue weighted by Gasteiger charge is 1.98.